The lowest BCUT2D eigenvalue weighted by molar-refractivity contribution is -0.662. The van der Waals surface area contributed by atoms with Crippen molar-refractivity contribution in [3.05, 3.63) is 41.6 Å². The highest BCUT2D eigenvalue weighted by molar-refractivity contribution is 8.00. The second-order valence-electron chi connectivity index (χ2n) is 8.43. The maximum Gasteiger partial charge on any atom is 0.307 e. The Bertz CT molecular complexity index is 1620. The Kier molecular flexibility index (Phi) is 7.77. The molecule has 3 aromatic rings. The van der Waals surface area contributed by atoms with E-state index >= 15 is 0 Å². The number of thioether (sulfide) groups is 1. The number of aliphatic carboxylic acids is 1. The molecule has 0 saturated carbocycles. The largest absolute Gasteiger partial charge is 0.543 e. The number of carboxylic acids is 1. The number of amides is 3. The lowest BCUT2D eigenvalue weighted by Crippen LogP contribution is -2.71. The number of carbonyl (C=O) groups excluding carboxylic acids is 4. The van der Waals surface area contributed by atoms with E-state index in [4.69, 9.17) is 11.5 Å². The Morgan fingerprint density at radius 3 is 2.83 bits per heavy atom. The number of nitrogens with two attached hydrogens (primary N) is 2. The van der Waals surface area contributed by atoms with E-state index < -0.39 is 47.7 Å². The van der Waals surface area contributed by atoms with Crippen molar-refractivity contribution >= 4 is 69.3 Å². The number of nitrogens with zero attached hydrogens (tertiary/aromatic N) is 7. The van der Waals surface area contributed by atoms with Crippen molar-refractivity contribution in [1.29, 1.82) is 0 Å². The van der Waals surface area contributed by atoms with Gasteiger partial charge in [-0.05, 0) is 6.07 Å². The van der Waals surface area contributed by atoms with E-state index in [1.165, 1.54) is 16.3 Å². The molecule has 0 spiro atoms. The van der Waals surface area contributed by atoms with Gasteiger partial charge in [0.05, 0.1) is 18.2 Å². The number of β-lactam (4-membered cyclic amide) rings is 1. The van der Waals surface area contributed by atoms with Crippen molar-refractivity contribution in [2.75, 3.05) is 30.2 Å². The summed E-state index contributed by atoms with van der Waals surface area (Å²) in [5.41, 5.74) is 11.0. The molecule has 20 heteroatoms. The lowest BCUT2D eigenvalue weighted by Gasteiger charge is -2.50. The SMILES string of the molecule is NCC(=O)Nc1ccc2n(cc[n+]2CC2=C(C(=O)[O-])N3C(=O)[C@@H](NC(=O)/C(=N\OCF)c4nsc(N)n4)[C@H]3SC2)n1. The van der Waals surface area contributed by atoms with Gasteiger partial charge in [-0.15, -0.1) is 11.8 Å². The van der Waals surface area contributed by atoms with E-state index in [2.05, 4.69) is 35.1 Å². The molecule has 41 heavy (non-hydrogen) atoms. The molecular formula is C21H20FN11O6S2. The average Bonchev–Trinajstić information content (AvgIpc) is 3.56. The van der Waals surface area contributed by atoms with Gasteiger partial charge in [0.2, 0.25) is 17.4 Å². The molecule has 1 saturated heterocycles. The molecule has 2 aliphatic heterocycles. The highest BCUT2D eigenvalue weighted by Crippen LogP contribution is 2.40. The van der Waals surface area contributed by atoms with Crippen molar-refractivity contribution < 1.29 is 38.1 Å². The smallest absolute Gasteiger partial charge is 0.307 e. The van der Waals surface area contributed by atoms with Crippen molar-refractivity contribution in [3.63, 3.8) is 0 Å². The van der Waals surface area contributed by atoms with Crippen molar-refractivity contribution in [2.45, 2.75) is 18.0 Å². The summed E-state index contributed by atoms with van der Waals surface area (Å²) >= 11 is 2.00. The Morgan fingerprint density at radius 1 is 1.34 bits per heavy atom. The van der Waals surface area contributed by atoms with E-state index in [0.717, 1.165) is 16.4 Å². The van der Waals surface area contributed by atoms with Gasteiger partial charge in [0.15, 0.2) is 17.1 Å². The van der Waals surface area contributed by atoms with Crippen LogP contribution < -0.4 is 31.8 Å². The van der Waals surface area contributed by atoms with E-state index in [9.17, 15) is 28.7 Å². The number of carbonyl (C=O) groups is 4. The molecule has 2 aliphatic rings. The molecule has 0 radical (unpaired) electrons. The van der Waals surface area contributed by atoms with E-state index in [1.807, 2.05) is 0 Å². The van der Waals surface area contributed by atoms with Crippen LogP contribution in [-0.2, 0) is 30.6 Å². The number of aromatic nitrogens is 5. The number of nitrogen functional groups attached to an aromatic ring is 1. The highest BCUT2D eigenvalue weighted by atomic mass is 32.2. The summed E-state index contributed by atoms with van der Waals surface area (Å²) < 4.78 is 19.6. The fourth-order valence-electron chi connectivity index (χ4n) is 4.19. The van der Waals surface area contributed by atoms with Gasteiger partial charge in [0.25, 0.3) is 18.7 Å². The van der Waals surface area contributed by atoms with Gasteiger partial charge < -0.3 is 36.8 Å². The predicted molar refractivity (Wildman–Crippen MR) is 138 cm³/mol. The molecule has 1 fully saturated rings. The fraction of sp³-hybridized carbons (Fsp3) is 0.286. The van der Waals surface area contributed by atoms with E-state index in [-0.39, 0.29) is 41.3 Å². The number of halogens is 1. The van der Waals surface area contributed by atoms with Gasteiger partial charge in [-0.2, -0.15) is 9.36 Å². The molecule has 5 heterocycles. The van der Waals surface area contributed by atoms with Crippen LogP contribution in [0.2, 0.25) is 0 Å². The Morgan fingerprint density at radius 2 is 2.15 bits per heavy atom. The number of imidazole rings is 1. The van der Waals surface area contributed by atoms with E-state index in [1.54, 1.807) is 29.1 Å². The monoisotopic (exact) mass is 605 g/mol. The van der Waals surface area contributed by atoms with Gasteiger partial charge in [-0.25, -0.2) is 8.96 Å². The lowest BCUT2D eigenvalue weighted by atomic mass is 10.0. The fourth-order valence-corrected chi connectivity index (χ4v) is 5.96. The number of nitrogens with one attached hydrogen (secondary N) is 2. The van der Waals surface area contributed by atoms with Crippen molar-refractivity contribution in [1.82, 2.24) is 29.2 Å². The number of hydrogen-bond acceptors (Lipinski definition) is 14. The first-order valence-electron chi connectivity index (χ1n) is 11.6. The molecule has 3 amide bonds. The summed E-state index contributed by atoms with van der Waals surface area (Å²) in [5, 5.41) is 24.1. The third-order valence-corrected chi connectivity index (χ3v) is 7.82. The Balaban J connectivity index is 1.34. The molecule has 0 aromatic carbocycles. The third kappa shape index (κ3) is 5.38. The summed E-state index contributed by atoms with van der Waals surface area (Å²) in [5.74, 6) is -3.36. The van der Waals surface area contributed by atoms with Gasteiger partial charge >= 0.3 is 5.65 Å². The first-order chi connectivity index (χ1) is 19.7. The van der Waals surface area contributed by atoms with Gasteiger partial charge in [-0.3, -0.25) is 19.3 Å². The number of hydrogen-bond donors (Lipinski definition) is 4. The molecule has 214 valence electrons. The van der Waals surface area contributed by atoms with Crippen LogP contribution in [0.4, 0.5) is 15.3 Å². The van der Waals surface area contributed by atoms with Gasteiger partial charge in [0, 0.05) is 28.9 Å². The van der Waals surface area contributed by atoms with Crippen LogP contribution in [0.5, 0.6) is 0 Å². The van der Waals surface area contributed by atoms with Crippen LogP contribution in [0.1, 0.15) is 5.82 Å². The van der Waals surface area contributed by atoms with Crippen molar-refractivity contribution in [2.24, 2.45) is 10.9 Å². The van der Waals surface area contributed by atoms with Crippen LogP contribution in [0.3, 0.4) is 0 Å². The summed E-state index contributed by atoms with van der Waals surface area (Å²) in [7, 11) is 0. The first-order valence-corrected chi connectivity index (χ1v) is 13.5. The quantitative estimate of drug-likeness (QED) is 0.0769. The Hall–Kier alpha value is -4.69. The zero-order chi connectivity index (χ0) is 29.3. The number of anilines is 2. The second-order valence-corrected chi connectivity index (χ2v) is 10.3. The first kappa shape index (κ1) is 27.9. The Labute approximate surface area is 237 Å². The zero-order valence-electron chi connectivity index (χ0n) is 20.7. The van der Waals surface area contributed by atoms with Crippen LogP contribution in [-0.4, -0.2) is 83.8 Å². The molecule has 2 atom stereocenters. The molecule has 3 aromatic heterocycles. The molecular weight excluding hydrogens is 585 g/mol. The normalized spacial score (nSPS) is 18.6. The zero-order valence-corrected chi connectivity index (χ0v) is 22.4. The molecule has 6 N–H and O–H groups in total. The summed E-state index contributed by atoms with van der Waals surface area (Å²) in [4.78, 5) is 58.9. The minimum atomic E-state index is -1.56. The molecule has 17 nitrogen and oxygen atoms in total. The standard InChI is InChI=1S/C21H20FN11O6S2/c22-8-39-29-13(16-27-21(24)41-30-16)17(35)26-14-18(36)33-15(20(37)38)9(7-40-19(14)33)6-31-3-4-32-12(31)2-1-10(28-32)25-11(34)5-23/h1-4,14,19H,5-8,23H2,(H4-,24,25,26,27,28,30,34,35,37,38)/b29-13-/t14-,19-/m1/s1. The molecule has 0 bridgehead atoms. The van der Waals surface area contributed by atoms with Gasteiger partial charge in [-0.1, -0.05) is 14.8 Å². The van der Waals surface area contributed by atoms with Gasteiger partial charge in [0.1, 0.15) is 24.2 Å². The molecule has 0 unspecified atom stereocenters. The molecule has 0 aliphatic carbocycles. The van der Waals surface area contributed by atoms with Crippen LogP contribution in [0.15, 0.2) is 41.0 Å². The number of fused-ring (bicyclic) bond motifs is 2. The van der Waals surface area contributed by atoms with Crippen LogP contribution in [0.25, 0.3) is 5.65 Å². The predicted octanol–water partition coefficient (Wildman–Crippen LogP) is -3.30. The minimum Gasteiger partial charge on any atom is -0.543 e. The second kappa shape index (κ2) is 11.4. The number of carboxylic acid groups (broad SMARTS) is 1. The minimum absolute atomic E-state index is 0.0224. The van der Waals surface area contributed by atoms with E-state index in [0.29, 0.717) is 11.2 Å². The van der Waals surface area contributed by atoms with Crippen LogP contribution >= 0.6 is 23.3 Å². The summed E-state index contributed by atoms with van der Waals surface area (Å²) in [6, 6.07) is 2.12. The number of alkyl halides is 1. The number of oxime groups is 1. The maximum absolute atomic E-state index is 13.1. The number of rotatable bonds is 10. The summed E-state index contributed by atoms with van der Waals surface area (Å²) in [6.45, 7) is -1.44. The summed E-state index contributed by atoms with van der Waals surface area (Å²) in [6.07, 6.45) is 3.27. The maximum atomic E-state index is 13.1. The molecule has 5 rings (SSSR count). The van der Waals surface area contributed by atoms with Crippen molar-refractivity contribution in [3.8, 4) is 0 Å². The third-order valence-electron chi connectivity index (χ3n) is 5.94. The topological polar surface area (TPSA) is 239 Å². The average molecular weight is 606 g/mol. The highest BCUT2D eigenvalue weighted by Gasteiger charge is 2.53. The van der Waals surface area contributed by atoms with Crippen LogP contribution in [0, 0.1) is 0 Å².